The van der Waals surface area contributed by atoms with Crippen LogP contribution in [0, 0.1) is 0 Å². The van der Waals surface area contributed by atoms with Crippen molar-refractivity contribution < 1.29 is 4.79 Å². The maximum absolute atomic E-state index is 10.2. The van der Waals surface area contributed by atoms with Crippen LogP contribution in [0.3, 0.4) is 0 Å². The number of carbonyl (C=O) groups is 1. The number of carbonyl (C=O) groups excluding carboxylic acids is 1. The summed E-state index contributed by atoms with van der Waals surface area (Å²) in [6.45, 7) is 5.58. The second-order valence-corrected chi connectivity index (χ2v) is 4.05. The van der Waals surface area contributed by atoms with Crippen molar-refractivity contribution in [1.82, 2.24) is 5.32 Å². The molecule has 1 N–H and O–H groups in total. The van der Waals surface area contributed by atoms with Crippen LogP contribution < -0.4 is 5.32 Å². The standard InChI is InChI=1S/C12H17NO/c1-12(2,10-13-8-9-14)11-6-4-3-5-7-11/h3-7,9,13H,8,10H2,1-2H3. The van der Waals surface area contributed by atoms with Crippen molar-refractivity contribution in [2.75, 3.05) is 13.1 Å². The summed E-state index contributed by atoms with van der Waals surface area (Å²) in [5, 5.41) is 3.11. The zero-order valence-corrected chi connectivity index (χ0v) is 8.79. The quantitative estimate of drug-likeness (QED) is 0.567. The largest absolute Gasteiger partial charge is 0.309 e. The molecule has 0 aromatic heterocycles. The first kappa shape index (κ1) is 10.9. The smallest absolute Gasteiger partial charge is 0.133 e. The van der Waals surface area contributed by atoms with Gasteiger partial charge in [0.1, 0.15) is 6.29 Å². The van der Waals surface area contributed by atoms with Crippen LogP contribution >= 0.6 is 0 Å². The Labute approximate surface area is 85.3 Å². The fourth-order valence-corrected chi connectivity index (χ4v) is 1.43. The summed E-state index contributed by atoms with van der Waals surface area (Å²) >= 11 is 0. The molecule has 0 amide bonds. The summed E-state index contributed by atoms with van der Waals surface area (Å²) in [5.74, 6) is 0. The molecule has 0 aliphatic rings. The fourth-order valence-electron chi connectivity index (χ4n) is 1.43. The lowest BCUT2D eigenvalue weighted by Crippen LogP contribution is -2.33. The van der Waals surface area contributed by atoms with Gasteiger partial charge in [-0.3, -0.25) is 0 Å². The molecule has 0 radical (unpaired) electrons. The van der Waals surface area contributed by atoms with E-state index in [2.05, 4.69) is 31.3 Å². The van der Waals surface area contributed by atoms with Crippen LogP contribution in [0.2, 0.25) is 0 Å². The van der Waals surface area contributed by atoms with Gasteiger partial charge >= 0.3 is 0 Å². The molecule has 1 aromatic rings. The van der Waals surface area contributed by atoms with Crippen molar-refractivity contribution in [3.8, 4) is 0 Å². The summed E-state index contributed by atoms with van der Waals surface area (Å²) in [6, 6.07) is 10.3. The molecule has 2 heteroatoms. The first-order valence-electron chi connectivity index (χ1n) is 4.87. The van der Waals surface area contributed by atoms with Gasteiger partial charge in [-0.2, -0.15) is 0 Å². The number of benzene rings is 1. The summed E-state index contributed by atoms with van der Waals surface area (Å²) in [4.78, 5) is 10.2. The molecule has 0 spiro atoms. The highest BCUT2D eigenvalue weighted by molar-refractivity contribution is 5.51. The van der Waals surface area contributed by atoms with Crippen LogP contribution in [0.4, 0.5) is 0 Å². The maximum atomic E-state index is 10.2. The Bertz CT molecular complexity index is 280. The van der Waals surface area contributed by atoms with Gasteiger partial charge in [0.2, 0.25) is 0 Å². The van der Waals surface area contributed by atoms with Crippen molar-refractivity contribution >= 4 is 6.29 Å². The van der Waals surface area contributed by atoms with E-state index in [0.29, 0.717) is 6.54 Å². The number of aldehydes is 1. The van der Waals surface area contributed by atoms with Crippen molar-refractivity contribution in [3.05, 3.63) is 35.9 Å². The van der Waals surface area contributed by atoms with Gasteiger partial charge in [-0.15, -0.1) is 0 Å². The van der Waals surface area contributed by atoms with Crippen LogP contribution in [-0.2, 0) is 10.2 Å². The fraction of sp³-hybridized carbons (Fsp3) is 0.417. The summed E-state index contributed by atoms with van der Waals surface area (Å²) in [7, 11) is 0. The molecule has 76 valence electrons. The average Bonchev–Trinajstić information content (AvgIpc) is 2.19. The van der Waals surface area contributed by atoms with E-state index >= 15 is 0 Å². The van der Waals surface area contributed by atoms with Gasteiger partial charge in [-0.1, -0.05) is 44.2 Å². The van der Waals surface area contributed by atoms with Crippen molar-refractivity contribution in [1.29, 1.82) is 0 Å². The van der Waals surface area contributed by atoms with E-state index in [4.69, 9.17) is 0 Å². The molecule has 0 bridgehead atoms. The third-order valence-electron chi connectivity index (χ3n) is 2.35. The van der Waals surface area contributed by atoms with E-state index in [9.17, 15) is 4.79 Å². The van der Waals surface area contributed by atoms with Crippen LogP contribution in [0.1, 0.15) is 19.4 Å². The minimum atomic E-state index is 0.0737. The van der Waals surface area contributed by atoms with E-state index in [1.807, 2.05) is 18.2 Å². The minimum Gasteiger partial charge on any atom is -0.309 e. The first-order chi connectivity index (χ1) is 6.67. The molecule has 2 nitrogen and oxygen atoms in total. The lowest BCUT2D eigenvalue weighted by molar-refractivity contribution is -0.107. The minimum absolute atomic E-state index is 0.0737. The molecule has 0 heterocycles. The van der Waals surface area contributed by atoms with Gasteiger partial charge in [0.15, 0.2) is 0 Å². The van der Waals surface area contributed by atoms with Crippen LogP contribution in [0.15, 0.2) is 30.3 Å². The third-order valence-corrected chi connectivity index (χ3v) is 2.35. The molecule has 14 heavy (non-hydrogen) atoms. The van der Waals surface area contributed by atoms with Crippen LogP contribution in [0.25, 0.3) is 0 Å². The molecule has 0 saturated heterocycles. The van der Waals surface area contributed by atoms with Crippen molar-refractivity contribution in [2.45, 2.75) is 19.3 Å². The van der Waals surface area contributed by atoms with E-state index in [-0.39, 0.29) is 5.41 Å². The topological polar surface area (TPSA) is 29.1 Å². The molecule has 0 saturated carbocycles. The number of nitrogens with one attached hydrogen (secondary N) is 1. The average molecular weight is 191 g/mol. The summed E-state index contributed by atoms with van der Waals surface area (Å²) < 4.78 is 0. The molecule has 0 fully saturated rings. The first-order valence-corrected chi connectivity index (χ1v) is 4.87. The van der Waals surface area contributed by atoms with Gasteiger partial charge in [-0.05, 0) is 5.56 Å². The highest BCUT2D eigenvalue weighted by Gasteiger charge is 2.18. The molecule has 1 rings (SSSR count). The Morgan fingerprint density at radius 3 is 2.50 bits per heavy atom. The van der Waals surface area contributed by atoms with Crippen LogP contribution in [0.5, 0.6) is 0 Å². The predicted octanol–water partition coefficient (Wildman–Crippen LogP) is 1.75. The Hall–Kier alpha value is -1.15. The zero-order valence-electron chi connectivity index (χ0n) is 8.79. The molecule has 0 unspecified atom stereocenters. The van der Waals surface area contributed by atoms with Crippen LogP contribution in [-0.4, -0.2) is 19.4 Å². The maximum Gasteiger partial charge on any atom is 0.133 e. The lowest BCUT2D eigenvalue weighted by Gasteiger charge is -2.25. The number of hydrogen-bond donors (Lipinski definition) is 1. The third kappa shape index (κ3) is 2.96. The second-order valence-electron chi connectivity index (χ2n) is 4.05. The highest BCUT2D eigenvalue weighted by Crippen LogP contribution is 2.21. The van der Waals surface area contributed by atoms with E-state index in [1.54, 1.807) is 0 Å². The SMILES string of the molecule is CC(C)(CNCC=O)c1ccccc1. The van der Waals surface area contributed by atoms with E-state index < -0.39 is 0 Å². The van der Waals surface area contributed by atoms with E-state index in [1.165, 1.54) is 5.56 Å². The Morgan fingerprint density at radius 1 is 1.29 bits per heavy atom. The molecule has 0 atom stereocenters. The zero-order chi connectivity index (χ0) is 10.4. The van der Waals surface area contributed by atoms with E-state index in [0.717, 1.165) is 12.8 Å². The molecular formula is C12H17NO. The molecular weight excluding hydrogens is 174 g/mol. The van der Waals surface area contributed by atoms with Crippen molar-refractivity contribution in [2.24, 2.45) is 0 Å². The second kappa shape index (κ2) is 4.91. The summed E-state index contributed by atoms with van der Waals surface area (Å²) in [5.41, 5.74) is 1.36. The highest BCUT2D eigenvalue weighted by atomic mass is 16.1. The van der Waals surface area contributed by atoms with Gasteiger partial charge in [0, 0.05) is 12.0 Å². The lowest BCUT2D eigenvalue weighted by atomic mass is 9.85. The Morgan fingerprint density at radius 2 is 1.93 bits per heavy atom. The number of rotatable bonds is 5. The molecule has 1 aromatic carbocycles. The monoisotopic (exact) mass is 191 g/mol. The molecule has 0 aliphatic heterocycles. The predicted molar refractivity (Wildman–Crippen MR) is 58.4 cm³/mol. The molecule has 0 aliphatic carbocycles. The van der Waals surface area contributed by atoms with Gasteiger partial charge in [0.05, 0.1) is 6.54 Å². The Balaban J connectivity index is 2.61. The Kier molecular flexibility index (Phi) is 3.84. The van der Waals surface area contributed by atoms with Crippen molar-refractivity contribution in [3.63, 3.8) is 0 Å². The number of hydrogen-bond acceptors (Lipinski definition) is 2. The van der Waals surface area contributed by atoms with Gasteiger partial charge in [0.25, 0.3) is 0 Å². The normalized spacial score (nSPS) is 11.3. The summed E-state index contributed by atoms with van der Waals surface area (Å²) in [6.07, 6.45) is 0.890. The van der Waals surface area contributed by atoms with Gasteiger partial charge < -0.3 is 10.1 Å². The van der Waals surface area contributed by atoms with Gasteiger partial charge in [-0.25, -0.2) is 0 Å².